The quantitative estimate of drug-likeness (QED) is 0.372. The van der Waals surface area contributed by atoms with Crippen molar-refractivity contribution >= 4 is 17.8 Å². The van der Waals surface area contributed by atoms with Gasteiger partial charge in [0.25, 0.3) is 5.91 Å². The Morgan fingerprint density at radius 1 is 1.28 bits per heavy atom. The van der Waals surface area contributed by atoms with Crippen molar-refractivity contribution in [2.45, 2.75) is 0 Å². The van der Waals surface area contributed by atoms with Crippen molar-refractivity contribution in [2.24, 2.45) is 5.84 Å². The van der Waals surface area contributed by atoms with E-state index in [4.69, 9.17) is 20.1 Å². The van der Waals surface area contributed by atoms with Crippen LogP contribution in [0.1, 0.15) is 15.9 Å². The predicted molar refractivity (Wildman–Crippen MR) is 90.2 cm³/mol. The van der Waals surface area contributed by atoms with E-state index in [1.807, 2.05) is 23.6 Å². The molecule has 128 valence electrons. The minimum absolute atomic E-state index is 0.191. The van der Waals surface area contributed by atoms with E-state index in [9.17, 15) is 9.59 Å². The molecule has 0 atom stereocenters. The molecule has 1 heterocycles. The molecule has 1 aliphatic rings. The smallest absolute Gasteiger partial charge is 0.271 e. The molecule has 0 aromatic heterocycles. The van der Waals surface area contributed by atoms with E-state index in [-0.39, 0.29) is 18.1 Å². The van der Waals surface area contributed by atoms with Crippen molar-refractivity contribution in [3.05, 3.63) is 59.4 Å². The molecule has 7 nitrogen and oxygen atoms in total. The molecule has 1 aliphatic heterocycles. The number of para-hydroxylation sites is 1. The lowest BCUT2D eigenvalue weighted by Crippen LogP contribution is -2.34. The maximum absolute atomic E-state index is 12.5. The molecule has 1 amide bonds. The molecule has 2 aromatic carbocycles. The van der Waals surface area contributed by atoms with Crippen LogP contribution in [0.15, 0.2) is 48.2 Å². The van der Waals surface area contributed by atoms with Gasteiger partial charge in [0.2, 0.25) is 5.78 Å². The van der Waals surface area contributed by atoms with E-state index < -0.39 is 5.91 Å². The fourth-order valence-corrected chi connectivity index (χ4v) is 2.37. The second-order valence-electron chi connectivity index (χ2n) is 5.20. The third-order valence-corrected chi connectivity index (χ3v) is 3.60. The minimum atomic E-state index is -0.464. The largest absolute Gasteiger partial charge is 0.496 e. The molecule has 0 unspecified atom stereocenters. The van der Waals surface area contributed by atoms with Gasteiger partial charge in [-0.3, -0.25) is 15.0 Å². The Morgan fingerprint density at radius 2 is 2.08 bits per heavy atom. The number of rotatable bonds is 5. The fourth-order valence-electron chi connectivity index (χ4n) is 2.37. The van der Waals surface area contributed by atoms with Gasteiger partial charge in [0.15, 0.2) is 12.4 Å². The van der Waals surface area contributed by atoms with Gasteiger partial charge in [0.05, 0.1) is 12.7 Å². The molecule has 0 saturated carbocycles. The minimum Gasteiger partial charge on any atom is -0.496 e. The molecule has 2 aromatic rings. The zero-order chi connectivity index (χ0) is 17.8. The zero-order valence-electron chi connectivity index (χ0n) is 13.4. The molecule has 0 spiro atoms. The monoisotopic (exact) mass is 340 g/mol. The first-order chi connectivity index (χ1) is 12.1. The highest BCUT2D eigenvalue weighted by molar-refractivity contribution is 6.14. The van der Waals surface area contributed by atoms with Crippen molar-refractivity contribution in [1.29, 1.82) is 0 Å². The van der Waals surface area contributed by atoms with E-state index in [0.717, 1.165) is 5.56 Å². The molecule has 25 heavy (non-hydrogen) atoms. The van der Waals surface area contributed by atoms with Crippen LogP contribution in [-0.4, -0.2) is 25.4 Å². The molecule has 3 N–H and O–H groups in total. The molecule has 0 radical (unpaired) electrons. The number of carbonyl (C=O) groups excluding carboxylic acids is 2. The number of hydrogen-bond acceptors (Lipinski definition) is 6. The van der Waals surface area contributed by atoms with E-state index >= 15 is 0 Å². The van der Waals surface area contributed by atoms with Crippen LogP contribution in [0.25, 0.3) is 6.08 Å². The Morgan fingerprint density at radius 3 is 2.84 bits per heavy atom. The number of hydrogen-bond donors (Lipinski definition) is 2. The lowest BCUT2D eigenvalue weighted by atomic mass is 10.1. The Bertz CT molecular complexity index is 860. The number of methoxy groups -OCH3 is 1. The second-order valence-corrected chi connectivity index (χ2v) is 5.20. The topological polar surface area (TPSA) is 99.9 Å². The van der Waals surface area contributed by atoms with Crippen LogP contribution in [0.5, 0.6) is 17.2 Å². The Labute approximate surface area is 144 Å². The Kier molecular flexibility index (Phi) is 4.67. The lowest BCUT2D eigenvalue weighted by Gasteiger charge is -2.06. The predicted octanol–water partition coefficient (Wildman–Crippen LogP) is 1.68. The van der Waals surface area contributed by atoms with Crippen molar-refractivity contribution < 1.29 is 23.8 Å². The zero-order valence-corrected chi connectivity index (χ0v) is 13.4. The molecule has 0 bridgehead atoms. The number of carbonyl (C=O) groups is 2. The second kappa shape index (κ2) is 7.06. The van der Waals surface area contributed by atoms with Gasteiger partial charge in [0, 0.05) is 11.6 Å². The van der Waals surface area contributed by atoms with Gasteiger partial charge in [0.1, 0.15) is 17.2 Å². The molecular weight excluding hydrogens is 324 g/mol. The van der Waals surface area contributed by atoms with Gasteiger partial charge in [-0.15, -0.1) is 0 Å². The number of nitrogens with one attached hydrogen (secondary N) is 1. The average molecular weight is 340 g/mol. The van der Waals surface area contributed by atoms with Gasteiger partial charge in [-0.2, -0.15) is 0 Å². The number of nitrogens with two attached hydrogens (primary N) is 1. The summed E-state index contributed by atoms with van der Waals surface area (Å²) in [7, 11) is 1.56. The standard InChI is InChI=1S/C18H16N2O5/c1-23-14-5-3-2-4-11(14)8-16-18(22)13-7-6-12(9-15(13)25-16)24-10-17(21)20-19/h2-9H,10,19H2,1H3,(H,20,21). The Hall–Kier alpha value is -3.32. The normalized spacial score (nSPS) is 14.0. The summed E-state index contributed by atoms with van der Waals surface area (Å²) < 4.78 is 16.2. The third-order valence-electron chi connectivity index (χ3n) is 3.60. The van der Waals surface area contributed by atoms with Crippen LogP contribution >= 0.6 is 0 Å². The fraction of sp³-hybridized carbons (Fsp3) is 0.111. The van der Waals surface area contributed by atoms with Crippen molar-refractivity contribution in [3.63, 3.8) is 0 Å². The van der Waals surface area contributed by atoms with Crippen LogP contribution < -0.4 is 25.5 Å². The van der Waals surface area contributed by atoms with Crippen LogP contribution in [0.4, 0.5) is 0 Å². The van der Waals surface area contributed by atoms with E-state index in [1.54, 1.807) is 37.5 Å². The van der Waals surface area contributed by atoms with Crippen LogP contribution in [0.3, 0.4) is 0 Å². The number of ether oxygens (including phenoxy) is 3. The van der Waals surface area contributed by atoms with Gasteiger partial charge in [-0.05, 0) is 24.3 Å². The summed E-state index contributed by atoms with van der Waals surface area (Å²) in [6.07, 6.45) is 1.63. The first-order valence-corrected chi connectivity index (χ1v) is 7.46. The van der Waals surface area contributed by atoms with Crippen LogP contribution in [0, 0.1) is 0 Å². The summed E-state index contributed by atoms with van der Waals surface area (Å²) in [5.74, 6) is 5.90. The average Bonchev–Trinajstić information content (AvgIpc) is 2.95. The number of fused-ring (bicyclic) bond motifs is 1. The highest BCUT2D eigenvalue weighted by Crippen LogP contribution is 2.35. The summed E-state index contributed by atoms with van der Waals surface area (Å²) in [5.41, 5.74) is 3.13. The first-order valence-electron chi connectivity index (χ1n) is 7.46. The summed E-state index contributed by atoms with van der Waals surface area (Å²) in [6.45, 7) is -0.229. The van der Waals surface area contributed by atoms with Crippen molar-refractivity contribution in [3.8, 4) is 17.2 Å². The number of Topliss-reactive ketones (excluding diaryl/α,β-unsaturated/α-hetero) is 1. The summed E-state index contributed by atoms with van der Waals surface area (Å²) in [6, 6.07) is 12.1. The van der Waals surface area contributed by atoms with Crippen LogP contribution in [0.2, 0.25) is 0 Å². The lowest BCUT2D eigenvalue weighted by molar-refractivity contribution is -0.123. The maximum Gasteiger partial charge on any atom is 0.271 e. The summed E-state index contributed by atoms with van der Waals surface area (Å²) in [5, 5.41) is 0. The van der Waals surface area contributed by atoms with E-state index in [1.165, 1.54) is 0 Å². The van der Waals surface area contributed by atoms with E-state index in [0.29, 0.717) is 22.8 Å². The van der Waals surface area contributed by atoms with Gasteiger partial charge < -0.3 is 14.2 Å². The number of ketones is 1. The molecule has 0 aliphatic carbocycles. The van der Waals surface area contributed by atoms with Crippen molar-refractivity contribution in [1.82, 2.24) is 5.43 Å². The number of hydrazine groups is 1. The highest BCUT2D eigenvalue weighted by atomic mass is 16.5. The maximum atomic E-state index is 12.5. The van der Waals surface area contributed by atoms with Gasteiger partial charge in [-0.25, -0.2) is 5.84 Å². The van der Waals surface area contributed by atoms with Gasteiger partial charge in [-0.1, -0.05) is 18.2 Å². The Balaban J connectivity index is 1.83. The van der Waals surface area contributed by atoms with Crippen LogP contribution in [-0.2, 0) is 4.79 Å². The summed E-state index contributed by atoms with van der Waals surface area (Å²) in [4.78, 5) is 23.6. The first kappa shape index (κ1) is 16.5. The SMILES string of the molecule is COc1ccccc1C=C1Oc2cc(OCC(=O)NN)ccc2C1=O. The summed E-state index contributed by atoms with van der Waals surface area (Å²) >= 11 is 0. The molecule has 0 fully saturated rings. The number of allylic oxidation sites excluding steroid dienone is 1. The molecule has 3 rings (SSSR count). The molecular formula is C18H16N2O5. The highest BCUT2D eigenvalue weighted by Gasteiger charge is 2.28. The van der Waals surface area contributed by atoms with Gasteiger partial charge >= 0.3 is 0 Å². The molecule has 7 heteroatoms. The number of amides is 1. The third kappa shape index (κ3) is 3.46. The molecule has 0 saturated heterocycles. The van der Waals surface area contributed by atoms with E-state index in [2.05, 4.69) is 0 Å². The number of benzene rings is 2. The van der Waals surface area contributed by atoms with Crippen molar-refractivity contribution in [2.75, 3.05) is 13.7 Å².